The second kappa shape index (κ2) is 3.52. The van der Waals surface area contributed by atoms with Crippen molar-refractivity contribution in [1.82, 2.24) is 0 Å². The molecule has 0 atom stereocenters. The largest absolute Gasteiger partial charge is 0.499 e. The third-order valence-corrected chi connectivity index (χ3v) is 3.73. The molecular formula is C9H7BrOS2. The number of aromatic hydroxyl groups is 1. The minimum atomic E-state index is 0.394. The lowest BCUT2D eigenvalue weighted by Crippen LogP contribution is -1.73. The fourth-order valence-electron chi connectivity index (χ4n) is 1.25. The molecule has 2 aromatic rings. The number of hydrogen-bond donors (Lipinski definition) is 2. The molecule has 13 heavy (non-hydrogen) atoms. The van der Waals surface area contributed by atoms with Gasteiger partial charge in [0.05, 0.1) is 0 Å². The van der Waals surface area contributed by atoms with Crippen LogP contribution in [-0.4, -0.2) is 5.11 Å². The maximum atomic E-state index is 9.59. The molecule has 0 saturated carbocycles. The van der Waals surface area contributed by atoms with Crippen molar-refractivity contribution in [2.45, 2.75) is 10.2 Å². The molecule has 0 aliphatic carbocycles. The highest BCUT2D eigenvalue weighted by atomic mass is 79.9. The Morgan fingerprint density at radius 1 is 1.46 bits per heavy atom. The van der Waals surface area contributed by atoms with Crippen LogP contribution in [-0.2, 0) is 5.33 Å². The van der Waals surface area contributed by atoms with Gasteiger partial charge in [-0.05, 0) is 12.1 Å². The Hall–Kier alpha value is -0.190. The molecule has 0 radical (unpaired) electrons. The Balaban J connectivity index is 2.79. The lowest BCUT2D eigenvalue weighted by molar-refractivity contribution is 0.487. The molecule has 0 unspecified atom stereocenters. The van der Waals surface area contributed by atoms with E-state index >= 15 is 0 Å². The highest BCUT2D eigenvalue weighted by Gasteiger charge is 2.09. The third-order valence-electron chi connectivity index (χ3n) is 1.89. The molecule has 0 spiro atoms. The first-order chi connectivity index (χ1) is 6.22. The van der Waals surface area contributed by atoms with Crippen LogP contribution in [0.4, 0.5) is 0 Å². The Morgan fingerprint density at radius 2 is 2.23 bits per heavy atom. The van der Waals surface area contributed by atoms with Crippen molar-refractivity contribution in [3.05, 3.63) is 23.8 Å². The summed E-state index contributed by atoms with van der Waals surface area (Å²) in [5, 5.41) is 11.8. The van der Waals surface area contributed by atoms with Crippen molar-refractivity contribution in [3.63, 3.8) is 0 Å². The predicted molar refractivity (Wildman–Crippen MR) is 63.4 cm³/mol. The summed E-state index contributed by atoms with van der Waals surface area (Å²) >= 11 is 9.00. The number of thiol groups is 1. The van der Waals surface area contributed by atoms with E-state index in [9.17, 15) is 5.11 Å². The van der Waals surface area contributed by atoms with Crippen molar-refractivity contribution in [2.24, 2.45) is 0 Å². The fourth-order valence-corrected chi connectivity index (χ4v) is 3.30. The van der Waals surface area contributed by atoms with E-state index in [4.69, 9.17) is 0 Å². The van der Waals surface area contributed by atoms with Gasteiger partial charge in [-0.2, -0.15) is 0 Å². The molecule has 0 saturated heterocycles. The Labute approximate surface area is 93.9 Å². The first kappa shape index (κ1) is 9.37. The number of fused-ring (bicyclic) bond motifs is 1. The number of hydrogen-bond acceptors (Lipinski definition) is 3. The molecule has 68 valence electrons. The summed E-state index contributed by atoms with van der Waals surface area (Å²) in [6.45, 7) is 0. The van der Waals surface area contributed by atoms with Crippen LogP contribution in [0.5, 0.6) is 5.06 Å². The van der Waals surface area contributed by atoms with E-state index in [1.54, 1.807) is 0 Å². The van der Waals surface area contributed by atoms with Crippen molar-refractivity contribution in [2.75, 3.05) is 0 Å². The molecule has 0 aliphatic heterocycles. The molecule has 1 aromatic carbocycles. The van der Waals surface area contributed by atoms with Gasteiger partial charge in [0, 0.05) is 25.9 Å². The Morgan fingerprint density at radius 3 is 2.92 bits per heavy atom. The van der Waals surface area contributed by atoms with Gasteiger partial charge in [0.2, 0.25) is 0 Å². The van der Waals surface area contributed by atoms with Crippen LogP contribution in [0.1, 0.15) is 5.56 Å². The second-order valence-electron chi connectivity index (χ2n) is 2.70. The monoisotopic (exact) mass is 274 g/mol. The van der Waals surface area contributed by atoms with Gasteiger partial charge in [-0.3, -0.25) is 0 Å². The molecular weight excluding hydrogens is 268 g/mol. The van der Waals surface area contributed by atoms with Crippen molar-refractivity contribution >= 4 is 50.0 Å². The summed E-state index contributed by atoms with van der Waals surface area (Å²) in [5.41, 5.74) is 0.966. The molecule has 1 N–H and O–H groups in total. The van der Waals surface area contributed by atoms with Crippen molar-refractivity contribution in [3.8, 4) is 5.06 Å². The Kier molecular flexibility index (Phi) is 2.53. The number of benzene rings is 1. The summed E-state index contributed by atoms with van der Waals surface area (Å²) in [6, 6.07) is 5.89. The third kappa shape index (κ3) is 1.58. The zero-order valence-electron chi connectivity index (χ0n) is 6.62. The zero-order valence-corrected chi connectivity index (χ0v) is 9.92. The summed E-state index contributed by atoms with van der Waals surface area (Å²) in [4.78, 5) is 0.926. The minimum Gasteiger partial charge on any atom is -0.499 e. The van der Waals surface area contributed by atoms with Gasteiger partial charge < -0.3 is 5.11 Å². The van der Waals surface area contributed by atoms with Crippen LogP contribution in [0.2, 0.25) is 0 Å². The average molecular weight is 275 g/mol. The number of thiophene rings is 1. The smallest absolute Gasteiger partial charge is 0.176 e. The first-order valence-corrected chi connectivity index (χ1v) is 6.10. The average Bonchev–Trinajstić information content (AvgIpc) is 2.39. The maximum absolute atomic E-state index is 9.59. The van der Waals surface area contributed by atoms with Crippen LogP contribution in [0.15, 0.2) is 23.1 Å². The molecule has 0 bridgehead atoms. The van der Waals surface area contributed by atoms with Gasteiger partial charge in [-0.15, -0.1) is 12.6 Å². The molecule has 1 nitrogen and oxygen atoms in total. The predicted octanol–water partition coefficient (Wildman–Crippen LogP) is 3.79. The fraction of sp³-hybridized carbons (Fsp3) is 0.111. The molecule has 0 fully saturated rings. The van der Waals surface area contributed by atoms with E-state index in [0.29, 0.717) is 10.4 Å². The minimum absolute atomic E-state index is 0.394. The topological polar surface area (TPSA) is 20.2 Å². The van der Waals surface area contributed by atoms with E-state index in [0.717, 1.165) is 20.5 Å². The molecule has 0 aliphatic rings. The molecule has 1 aromatic heterocycles. The van der Waals surface area contributed by atoms with E-state index in [1.165, 1.54) is 11.3 Å². The van der Waals surface area contributed by atoms with E-state index in [2.05, 4.69) is 28.6 Å². The van der Waals surface area contributed by atoms with Gasteiger partial charge in [0.25, 0.3) is 0 Å². The SMILES string of the molecule is Oc1sc2cc(S)ccc2c1CBr. The lowest BCUT2D eigenvalue weighted by atomic mass is 10.2. The summed E-state index contributed by atoms with van der Waals surface area (Å²) < 4.78 is 1.08. The molecule has 0 amide bonds. The standard InChI is InChI=1S/C9H7BrOS2/c10-4-7-6-2-1-5(12)3-8(6)13-9(7)11/h1-3,11-12H,4H2. The first-order valence-electron chi connectivity index (χ1n) is 3.71. The van der Waals surface area contributed by atoms with Gasteiger partial charge in [-0.25, -0.2) is 0 Å². The van der Waals surface area contributed by atoms with E-state index in [-0.39, 0.29) is 0 Å². The lowest BCUT2D eigenvalue weighted by Gasteiger charge is -1.94. The van der Waals surface area contributed by atoms with Gasteiger partial charge in [0.1, 0.15) is 0 Å². The normalized spacial score (nSPS) is 10.9. The number of rotatable bonds is 1. The molecule has 4 heteroatoms. The highest BCUT2D eigenvalue weighted by molar-refractivity contribution is 9.08. The number of alkyl halides is 1. The van der Waals surface area contributed by atoms with Gasteiger partial charge in [0.15, 0.2) is 5.06 Å². The molecule has 1 heterocycles. The highest BCUT2D eigenvalue weighted by Crippen LogP contribution is 2.38. The van der Waals surface area contributed by atoms with E-state index < -0.39 is 0 Å². The summed E-state index contributed by atoms with van der Waals surface area (Å²) in [5.74, 6) is 0. The van der Waals surface area contributed by atoms with Crippen molar-refractivity contribution < 1.29 is 5.11 Å². The quantitative estimate of drug-likeness (QED) is 0.599. The van der Waals surface area contributed by atoms with Crippen LogP contribution in [0, 0.1) is 0 Å². The Bertz CT molecular complexity index is 450. The number of halogens is 1. The van der Waals surface area contributed by atoms with Crippen molar-refractivity contribution in [1.29, 1.82) is 0 Å². The van der Waals surface area contributed by atoms with Crippen LogP contribution >= 0.6 is 39.9 Å². The zero-order chi connectivity index (χ0) is 9.42. The summed E-state index contributed by atoms with van der Waals surface area (Å²) in [6.07, 6.45) is 0. The second-order valence-corrected chi connectivity index (χ2v) is 4.81. The van der Waals surface area contributed by atoms with Crippen LogP contribution in [0.25, 0.3) is 10.1 Å². The molecule has 2 rings (SSSR count). The summed E-state index contributed by atoms with van der Waals surface area (Å²) in [7, 11) is 0. The van der Waals surface area contributed by atoms with Crippen LogP contribution in [0.3, 0.4) is 0 Å². The van der Waals surface area contributed by atoms with Gasteiger partial charge in [-0.1, -0.05) is 33.3 Å². The van der Waals surface area contributed by atoms with Crippen LogP contribution < -0.4 is 0 Å². The van der Waals surface area contributed by atoms with E-state index in [1.807, 2.05) is 18.2 Å². The maximum Gasteiger partial charge on any atom is 0.176 e. The van der Waals surface area contributed by atoms with Gasteiger partial charge >= 0.3 is 0 Å².